The highest BCUT2D eigenvalue weighted by Gasteiger charge is 2.08. The van der Waals surface area contributed by atoms with E-state index in [9.17, 15) is 0 Å². The highest BCUT2D eigenvalue weighted by molar-refractivity contribution is 6.07. The molecule has 146 valence electrons. The van der Waals surface area contributed by atoms with Crippen molar-refractivity contribution in [1.82, 2.24) is 4.57 Å². The van der Waals surface area contributed by atoms with Crippen molar-refractivity contribution in [2.75, 3.05) is 0 Å². The summed E-state index contributed by atoms with van der Waals surface area (Å²) in [5.74, 6) is 0. The maximum atomic E-state index is 2.53. The van der Waals surface area contributed by atoms with E-state index in [1.807, 2.05) is 0 Å². The monoisotopic (exact) mass is 363 g/mol. The van der Waals surface area contributed by atoms with Crippen molar-refractivity contribution in [3.63, 3.8) is 0 Å². The van der Waals surface area contributed by atoms with Crippen LogP contribution in [0.1, 0.15) is 84.0 Å². The Bertz CT molecular complexity index is 745. The Kier molecular flexibility index (Phi) is 8.27. The van der Waals surface area contributed by atoms with Gasteiger partial charge in [0.05, 0.1) is 0 Å². The van der Waals surface area contributed by atoms with E-state index in [1.54, 1.807) is 0 Å². The SMILES string of the molecule is CCCCCCCCCCCCCCn1c2ccccc2c2ccccc21. The first-order valence-electron chi connectivity index (χ1n) is 11.4. The topological polar surface area (TPSA) is 4.93 Å². The molecule has 1 heterocycles. The van der Waals surface area contributed by atoms with Gasteiger partial charge in [0.2, 0.25) is 0 Å². The van der Waals surface area contributed by atoms with E-state index in [0.29, 0.717) is 0 Å². The minimum atomic E-state index is 1.14. The molecule has 3 aromatic rings. The van der Waals surface area contributed by atoms with Crippen molar-refractivity contribution in [1.29, 1.82) is 0 Å². The maximum absolute atomic E-state index is 2.53. The van der Waals surface area contributed by atoms with Crippen LogP contribution in [0.15, 0.2) is 48.5 Å². The number of hydrogen-bond donors (Lipinski definition) is 0. The summed E-state index contributed by atoms with van der Waals surface area (Å²) in [4.78, 5) is 0. The molecule has 0 N–H and O–H groups in total. The molecule has 0 radical (unpaired) electrons. The number of aryl methyl sites for hydroxylation is 1. The zero-order chi connectivity index (χ0) is 18.7. The highest BCUT2D eigenvalue weighted by Crippen LogP contribution is 2.29. The second-order valence-electron chi connectivity index (χ2n) is 8.08. The van der Waals surface area contributed by atoms with Gasteiger partial charge in [-0.2, -0.15) is 0 Å². The smallest absolute Gasteiger partial charge is 0.0491 e. The van der Waals surface area contributed by atoms with E-state index in [0.717, 1.165) is 6.54 Å². The molecule has 27 heavy (non-hydrogen) atoms. The van der Waals surface area contributed by atoms with E-state index >= 15 is 0 Å². The molecule has 0 atom stereocenters. The molecule has 0 saturated carbocycles. The molecule has 0 aliphatic rings. The largest absolute Gasteiger partial charge is 0.340 e. The minimum absolute atomic E-state index is 1.14. The number of hydrogen-bond acceptors (Lipinski definition) is 0. The number of para-hydroxylation sites is 2. The maximum Gasteiger partial charge on any atom is 0.0491 e. The molecule has 0 bridgehead atoms. The van der Waals surface area contributed by atoms with Crippen LogP contribution in [0.2, 0.25) is 0 Å². The van der Waals surface area contributed by atoms with E-state index in [1.165, 1.54) is 98.9 Å². The van der Waals surface area contributed by atoms with Gasteiger partial charge in [-0.15, -0.1) is 0 Å². The van der Waals surface area contributed by atoms with Gasteiger partial charge in [-0.05, 0) is 18.6 Å². The average molecular weight is 364 g/mol. The van der Waals surface area contributed by atoms with Crippen LogP contribution >= 0.6 is 0 Å². The lowest BCUT2D eigenvalue weighted by molar-refractivity contribution is 0.533. The molecule has 0 amide bonds. The summed E-state index contributed by atoms with van der Waals surface area (Å²) in [6.07, 6.45) is 16.9. The number of unbranched alkanes of at least 4 members (excludes halogenated alkanes) is 11. The lowest BCUT2D eigenvalue weighted by Crippen LogP contribution is -1.97. The molecule has 2 aromatic carbocycles. The number of nitrogens with zero attached hydrogens (tertiary/aromatic N) is 1. The molecule has 1 aromatic heterocycles. The Morgan fingerprint density at radius 2 is 0.926 bits per heavy atom. The minimum Gasteiger partial charge on any atom is -0.340 e. The predicted molar refractivity (Wildman–Crippen MR) is 121 cm³/mol. The van der Waals surface area contributed by atoms with Gasteiger partial charge in [0, 0.05) is 28.4 Å². The van der Waals surface area contributed by atoms with E-state index in [4.69, 9.17) is 0 Å². The Hall–Kier alpha value is -1.76. The summed E-state index contributed by atoms with van der Waals surface area (Å²) < 4.78 is 2.53. The van der Waals surface area contributed by atoms with E-state index < -0.39 is 0 Å². The summed E-state index contributed by atoms with van der Waals surface area (Å²) in [5, 5.41) is 2.79. The van der Waals surface area contributed by atoms with Crippen molar-refractivity contribution in [3.8, 4) is 0 Å². The summed E-state index contributed by atoms with van der Waals surface area (Å²) in [7, 11) is 0. The zero-order valence-electron chi connectivity index (χ0n) is 17.3. The number of benzene rings is 2. The van der Waals surface area contributed by atoms with Crippen LogP contribution in [0, 0.1) is 0 Å². The quantitative estimate of drug-likeness (QED) is 0.268. The van der Waals surface area contributed by atoms with Crippen LogP contribution in [-0.2, 0) is 6.54 Å². The number of rotatable bonds is 13. The Balaban J connectivity index is 1.36. The van der Waals surface area contributed by atoms with Crippen molar-refractivity contribution in [2.45, 2.75) is 90.5 Å². The molecule has 0 saturated heterocycles. The molecule has 0 aliphatic heterocycles. The lowest BCUT2D eigenvalue weighted by Gasteiger charge is -2.07. The molecule has 0 spiro atoms. The standard InChI is InChI=1S/C26H37N/c1-2-3-4-5-6-7-8-9-10-11-12-17-22-27-25-20-15-13-18-23(25)24-19-14-16-21-26(24)27/h13-16,18-21H,2-12,17,22H2,1H3. The molecule has 0 fully saturated rings. The molecular formula is C26H37N. The molecule has 1 heteroatoms. The van der Waals surface area contributed by atoms with Gasteiger partial charge in [0.15, 0.2) is 0 Å². The fraction of sp³-hybridized carbons (Fsp3) is 0.538. The fourth-order valence-corrected chi connectivity index (χ4v) is 4.36. The third-order valence-corrected chi connectivity index (χ3v) is 5.92. The lowest BCUT2D eigenvalue weighted by atomic mass is 10.1. The van der Waals surface area contributed by atoms with Crippen LogP contribution in [0.3, 0.4) is 0 Å². The molecule has 1 nitrogen and oxygen atoms in total. The van der Waals surface area contributed by atoms with Crippen molar-refractivity contribution < 1.29 is 0 Å². The zero-order valence-corrected chi connectivity index (χ0v) is 17.3. The van der Waals surface area contributed by atoms with Gasteiger partial charge in [0.25, 0.3) is 0 Å². The summed E-state index contributed by atoms with van der Waals surface area (Å²) in [6, 6.07) is 17.7. The summed E-state index contributed by atoms with van der Waals surface area (Å²) in [6.45, 7) is 3.44. The van der Waals surface area contributed by atoms with Crippen molar-refractivity contribution in [2.24, 2.45) is 0 Å². The van der Waals surface area contributed by atoms with Gasteiger partial charge in [-0.3, -0.25) is 0 Å². The normalized spacial score (nSPS) is 11.6. The fourth-order valence-electron chi connectivity index (χ4n) is 4.36. The van der Waals surface area contributed by atoms with Crippen LogP contribution in [0.4, 0.5) is 0 Å². The first-order valence-corrected chi connectivity index (χ1v) is 11.4. The van der Waals surface area contributed by atoms with E-state index in [2.05, 4.69) is 60.0 Å². The number of fused-ring (bicyclic) bond motifs is 3. The third kappa shape index (κ3) is 5.61. The Labute approximate surface area is 165 Å². The third-order valence-electron chi connectivity index (χ3n) is 5.92. The molecular weight excluding hydrogens is 326 g/mol. The highest BCUT2D eigenvalue weighted by atomic mass is 15.0. The average Bonchev–Trinajstić information content (AvgIpc) is 3.03. The summed E-state index contributed by atoms with van der Waals surface area (Å²) >= 11 is 0. The number of aromatic nitrogens is 1. The first kappa shape index (κ1) is 20.0. The van der Waals surface area contributed by atoms with Crippen LogP contribution < -0.4 is 0 Å². The van der Waals surface area contributed by atoms with Gasteiger partial charge in [-0.25, -0.2) is 0 Å². The van der Waals surface area contributed by atoms with Gasteiger partial charge in [-0.1, -0.05) is 114 Å². The van der Waals surface area contributed by atoms with Crippen LogP contribution in [0.5, 0.6) is 0 Å². The first-order chi connectivity index (χ1) is 13.4. The van der Waals surface area contributed by atoms with Crippen molar-refractivity contribution >= 4 is 21.8 Å². The van der Waals surface area contributed by atoms with Gasteiger partial charge in [0.1, 0.15) is 0 Å². The second-order valence-corrected chi connectivity index (χ2v) is 8.08. The predicted octanol–water partition coefficient (Wildman–Crippen LogP) is 8.50. The Morgan fingerprint density at radius 1 is 0.519 bits per heavy atom. The summed E-state index contributed by atoms with van der Waals surface area (Å²) in [5.41, 5.74) is 2.78. The van der Waals surface area contributed by atoms with Gasteiger partial charge < -0.3 is 4.57 Å². The second kappa shape index (κ2) is 11.2. The van der Waals surface area contributed by atoms with Gasteiger partial charge >= 0.3 is 0 Å². The van der Waals surface area contributed by atoms with Crippen LogP contribution in [-0.4, -0.2) is 4.57 Å². The molecule has 3 rings (SSSR count). The Morgan fingerprint density at radius 3 is 1.41 bits per heavy atom. The van der Waals surface area contributed by atoms with Crippen LogP contribution in [0.25, 0.3) is 21.8 Å². The van der Waals surface area contributed by atoms with Crippen molar-refractivity contribution in [3.05, 3.63) is 48.5 Å². The molecule has 0 aliphatic carbocycles. The molecule has 0 unspecified atom stereocenters. The van der Waals surface area contributed by atoms with E-state index in [-0.39, 0.29) is 0 Å².